The van der Waals surface area contributed by atoms with Crippen LogP contribution < -0.4 is 25.0 Å². The molecule has 31 heavy (non-hydrogen) atoms. The molecular weight excluding hydrogens is 466 g/mol. The van der Waals surface area contributed by atoms with Gasteiger partial charge in [0, 0.05) is 17.3 Å². The number of nitrogens with zero attached hydrogens (tertiary/aromatic N) is 1. The Morgan fingerprint density at radius 1 is 1.16 bits per heavy atom. The summed E-state index contributed by atoms with van der Waals surface area (Å²) in [6.45, 7) is 2.79. The van der Waals surface area contributed by atoms with E-state index in [1.165, 1.54) is 4.90 Å². The predicted octanol–water partition coefficient (Wildman–Crippen LogP) is 3.16. The van der Waals surface area contributed by atoms with Gasteiger partial charge in [-0.3, -0.25) is 14.4 Å². The number of carbonyl (C=O) groups excluding carboxylic acids is 3. The first-order valence-electron chi connectivity index (χ1n) is 10.00. The number of carbonyl (C=O) groups is 3. The minimum atomic E-state index is -0.297. The Bertz CT molecular complexity index is 1040. The van der Waals surface area contributed by atoms with Crippen molar-refractivity contribution < 1.29 is 23.9 Å². The first-order chi connectivity index (χ1) is 14.9. The molecule has 9 heteroatoms. The molecule has 2 aromatic rings. The lowest BCUT2D eigenvalue weighted by molar-refractivity contribution is -0.126. The van der Waals surface area contributed by atoms with Crippen LogP contribution in [0, 0.1) is 0 Å². The minimum absolute atomic E-state index is 0.00246. The zero-order valence-corrected chi connectivity index (χ0v) is 18.5. The summed E-state index contributed by atoms with van der Waals surface area (Å²) in [5, 5.41) is 5.66. The second-order valence-electron chi connectivity index (χ2n) is 7.35. The van der Waals surface area contributed by atoms with E-state index in [0.717, 1.165) is 10.0 Å². The monoisotopic (exact) mass is 487 g/mol. The van der Waals surface area contributed by atoms with Crippen LogP contribution in [0.2, 0.25) is 0 Å². The van der Waals surface area contributed by atoms with Crippen molar-refractivity contribution in [2.45, 2.75) is 25.8 Å². The van der Waals surface area contributed by atoms with Crippen LogP contribution >= 0.6 is 15.9 Å². The second kappa shape index (κ2) is 8.97. The van der Waals surface area contributed by atoms with Gasteiger partial charge in [0.25, 0.3) is 0 Å². The van der Waals surface area contributed by atoms with E-state index in [9.17, 15) is 14.4 Å². The van der Waals surface area contributed by atoms with Crippen LogP contribution in [0.5, 0.6) is 11.5 Å². The van der Waals surface area contributed by atoms with Crippen molar-refractivity contribution in [3.63, 3.8) is 0 Å². The van der Waals surface area contributed by atoms with Gasteiger partial charge in [-0.25, -0.2) is 0 Å². The van der Waals surface area contributed by atoms with Gasteiger partial charge in [0.1, 0.15) is 19.8 Å². The molecule has 0 aliphatic carbocycles. The Balaban J connectivity index is 1.36. The van der Waals surface area contributed by atoms with Crippen LogP contribution in [-0.4, -0.2) is 37.5 Å². The number of ether oxygens (including phenoxy) is 2. The van der Waals surface area contributed by atoms with Crippen molar-refractivity contribution in [2.24, 2.45) is 0 Å². The molecule has 0 saturated carbocycles. The third-order valence-electron chi connectivity index (χ3n) is 5.14. The molecule has 1 unspecified atom stereocenters. The van der Waals surface area contributed by atoms with E-state index in [4.69, 9.17) is 9.47 Å². The number of hydrogen-bond acceptors (Lipinski definition) is 5. The van der Waals surface area contributed by atoms with Gasteiger partial charge < -0.3 is 25.0 Å². The smallest absolute Gasteiger partial charge is 0.244 e. The average Bonchev–Trinajstić information content (AvgIpc) is 2.76. The molecule has 2 aliphatic heterocycles. The summed E-state index contributed by atoms with van der Waals surface area (Å²) in [5.74, 6) is 0.524. The van der Waals surface area contributed by atoms with Crippen molar-refractivity contribution >= 4 is 45.0 Å². The molecule has 2 heterocycles. The topological polar surface area (TPSA) is 97.0 Å². The van der Waals surface area contributed by atoms with Crippen LogP contribution in [0.25, 0.3) is 0 Å². The first kappa shape index (κ1) is 21.2. The minimum Gasteiger partial charge on any atom is -0.486 e. The number of amides is 3. The molecule has 2 N–H and O–H groups in total. The van der Waals surface area contributed by atoms with Gasteiger partial charge in [-0.1, -0.05) is 28.1 Å². The molecular formula is C22H22BrN3O5. The number of anilines is 2. The number of nitrogens with one attached hydrogen (secondary N) is 2. The summed E-state index contributed by atoms with van der Waals surface area (Å²) in [5.41, 5.74) is 2.08. The van der Waals surface area contributed by atoms with Crippen LogP contribution in [0.4, 0.5) is 11.4 Å². The third-order valence-corrected chi connectivity index (χ3v) is 5.83. The van der Waals surface area contributed by atoms with E-state index in [0.29, 0.717) is 36.1 Å². The molecule has 8 nitrogen and oxygen atoms in total. The highest BCUT2D eigenvalue weighted by atomic mass is 79.9. The normalized spacial score (nSPS) is 15.5. The summed E-state index contributed by atoms with van der Waals surface area (Å²) in [4.78, 5) is 38.5. The molecule has 4 rings (SSSR count). The first-order valence-corrected chi connectivity index (χ1v) is 10.8. The predicted molar refractivity (Wildman–Crippen MR) is 118 cm³/mol. The molecule has 0 fully saturated rings. The maximum atomic E-state index is 12.7. The largest absolute Gasteiger partial charge is 0.486 e. The highest BCUT2D eigenvalue weighted by Crippen LogP contribution is 2.37. The van der Waals surface area contributed by atoms with Crippen LogP contribution in [-0.2, 0) is 14.4 Å². The van der Waals surface area contributed by atoms with Gasteiger partial charge in [0.2, 0.25) is 17.7 Å². The lowest BCUT2D eigenvalue weighted by Crippen LogP contribution is -2.42. The molecule has 0 spiro atoms. The number of rotatable bonds is 5. The van der Waals surface area contributed by atoms with Gasteiger partial charge in [-0.2, -0.15) is 0 Å². The lowest BCUT2D eigenvalue weighted by atomic mass is 10.1. The van der Waals surface area contributed by atoms with Crippen LogP contribution in [0.15, 0.2) is 40.9 Å². The summed E-state index contributed by atoms with van der Waals surface area (Å²) in [6.07, 6.45) is 0.0219. The SMILES string of the molecule is CC(NC(=O)CCC(=O)N1CC(=O)Nc2ccccc21)c1cc2c(cc1Br)OCCO2. The zero-order valence-electron chi connectivity index (χ0n) is 16.9. The van der Waals surface area contributed by atoms with Crippen molar-refractivity contribution in [3.05, 3.63) is 46.4 Å². The highest BCUT2D eigenvalue weighted by Gasteiger charge is 2.27. The standard InChI is InChI=1S/C22H22BrN3O5/c1-13(14-10-18-19(11-15(14)23)31-9-8-30-18)24-20(27)6-7-22(29)26-12-21(28)25-16-4-2-3-5-17(16)26/h2-5,10-11,13H,6-9,12H2,1H3,(H,24,27)(H,25,28). The van der Waals surface area contributed by atoms with Gasteiger partial charge in [-0.05, 0) is 36.8 Å². The Hall–Kier alpha value is -3.07. The fraction of sp³-hybridized carbons (Fsp3) is 0.318. The Kier molecular flexibility index (Phi) is 6.13. The van der Waals surface area contributed by atoms with Crippen LogP contribution in [0.3, 0.4) is 0 Å². The molecule has 2 aromatic carbocycles. The molecule has 1 atom stereocenters. The summed E-state index contributed by atoms with van der Waals surface area (Å²) >= 11 is 3.52. The lowest BCUT2D eigenvalue weighted by Gasteiger charge is -2.29. The van der Waals surface area contributed by atoms with E-state index in [2.05, 4.69) is 26.6 Å². The Morgan fingerprint density at radius 2 is 1.87 bits per heavy atom. The molecule has 0 aromatic heterocycles. The number of benzene rings is 2. The van der Waals surface area contributed by atoms with E-state index in [1.807, 2.05) is 19.1 Å². The van der Waals surface area contributed by atoms with Gasteiger partial charge in [0.15, 0.2) is 11.5 Å². The van der Waals surface area contributed by atoms with E-state index < -0.39 is 0 Å². The maximum absolute atomic E-state index is 12.7. The number of halogens is 1. The van der Waals surface area contributed by atoms with Crippen molar-refractivity contribution in [3.8, 4) is 11.5 Å². The summed E-state index contributed by atoms with van der Waals surface area (Å²) < 4.78 is 12.0. The van der Waals surface area contributed by atoms with Crippen molar-refractivity contribution in [1.29, 1.82) is 0 Å². The van der Waals surface area contributed by atoms with Gasteiger partial charge >= 0.3 is 0 Å². The highest BCUT2D eigenvalue weighted by molar-refractivity contribution is 9.10. The Labute approximate surface area is 188 Å². The second-order valence-corrected chi connectivity index (χ2v) is 8.21. The molecule has 0 saturated heterocycles. The zero-order chi connectivity index (χ0) is 22.0. The van der Waals surface area contributed by atoms with Crippen LogP contribution in [0.1, 0.15) is 31.4 Å². The van der Waals surface area contributed by atoms with E-state index in [-0.39, 0.29) is 43.1 Å². The number of hydrogen-bond donors (Lipinski definition) is 2. The fourth-order valence-electron chi connectivity index (χ4n) is 3.61. The molecule has 0 bridgehead atoms. The number of fused-ring (bicyclic) bond motifs is 2. The summed E-state index contributed by atoms with van der Waals surface area (Å²) in [7, 11) is 0. The quantitative estimate of drug-likeness (QED) is 0.674. The van der Waals surface area contributed by atoms with Crippen molar-refractivity contribution in [1.82, 2.24) is 5.32 Å². The van der Waals surface area contributed by atoms with Gasteiger partial charge in [-0.15, -0.1) is 0 Å². The van der Waals surface area contributed by atoms with E-state index >= 15 is 0 Å². The Morgan fingerprint density at radius 3 is 2.65 bits per heavy atom. The number of para-hydroxylation sites is 2. The third kappa shape index (κ3) is 4.66. The average molecular weight is 488 g/mol. The fourth-order valence-corrected chi connectivity index (χ4v) is 4.28. The molecule has 0 radical (unpaired) electrons. The van der Waals surface area contributed by atoms with Crippen molar-refractivity contribution in [2.75, 3.05) is 30.0 Å². The molecule has 2 aliphatic rings. The van der Waals surface area contributed by atoms with E-state index in [1.54, 1.807) is 24.3 Å². The molecule has 3 amide bonds. The molecule has 162 valence electrons. The maximum Gasteiger partial charge on any atom is 0.244 e. The van der Waals surface area contributed by atoms with Gasteiger partial charge in [0.05, 0.1) is 17.4 Å². The summed E-state index contributed by atoms with van der Waals surface area (Å²) in [6, 6.07) is 10.5.